The summed E-state index contributed by atoms with van der Waals surface area (Å²) >= 11 is 0. The van der Waals surface area contributed by atoms with Crippen LogP contribution in [0.25, 0.3) is 0 Å². The Morgan fingerprint density at radius 3 is 2.94 bits per heavy atom. The van der Waals surface area contributed by atoms with Gasteiger partial charge in [0.05, 0.1) is 12.7 Å². The zero-order valence-electron chi connectivity index (χ0n) is 10.2. The second-order valence-corrected chi connectivity index (χ2v) is 4.74. The lowest BCUT2D eigenvalue weighted by atomic mass is 10.0. The van der Waals surface area contributed by atoms with Gasteiger partial charge in [0.25, 0.3) is 0 Å². The minimum absolute atomic E-state index is 0.280. The van der Waals surface area contributed by atoms with E-state index in [1.807, 2.05) is 0 Å². The molecule has 0 aromatic carbocycles. The Kier molecular flexibility index (Phi) is 4.58. The van der Waals surface area contributed by atoms with Crippen molar-refractivity contribution in [3.63, 3.8) is 0 Å². The molecule has 2 atom stereocenters. The van der Waals surface area contributed by atoms with Crippen molar-refractivity contribution < 1.29 is 14.2 Å². The summed E-state index contributed by atoms with van der Waals surface area (Å²) in [6.07, 6.45) is 5.86. The van der Waals surface area contributed by atoms with Crippen LogP contribution in [0.15, 0.2) is 0 Å². The molecule has 0 spiro atoms. The van der Waals surface area contributed by atoms with E-state index in [4.69, 9.17) is 14.2 Å². The third-order valence-corrected chi connectivity index (χ3v) is 3.31. The van der Waals surface area contributed by atoms with E-state index < -0.39 is 5.79 Å². The van der Waals surface area contributed by atoms with E-state index in [1.54, 1.807) is 7.11 Å². The standard InChI is InChI=1S/C12H23NO3/c1-14-10-12(6-2-3-8-15-12)16-11-5-4-7-13-9-11/h11,13H,2-10H2,1H3. The molecule has 2 aliphatic heterocycles. The highest BCUT2D eigenvalue weighted by atomic mass is 16.7. The molecule has 0 aliphatic carbocycles. The number of ether oxygens (including phenoxy) is 3. The number of nitrogens with one attached hydrogen (secondary N) is 1. The maximum absolute atomic E-state index is 6.15. The van der Waals surface area contributed by atoms with Gasteiger partial charge in [-0.3, -0.25) is 0 Å². The molecule has 0 aromatic rings. The fraction of sp³-hybridized carbons (Fsp3) is 1.00. The molecule has 94 valence electrons. The van der Waals surface area contributed by atoms with E-state index in [2.05, 4.69) is 5.32 Å². The Balaban J connectivity index is 1.89. The molecule has 16 heavy (non-hydrogen) atoms. The molecule has 4 nitrogen and oxygen atoms in total. The third-order valence-electron chi connectivity index (χ3n) is 3.31. The van der Waals surface area contributed by atoms with Crippen molar-refractivity contribution in [1.29, 1.82) is 0 Å². The number of hydrogen-bond donors (Lipinski definition) is 1. The fourth-order valence-electron chi connectivity index (χ4n) is 2.51. The first-order valence-electron chi connectivity index (χ1n) is 6.36. The van der Waals surface area contributed by atoms with E-state index in [-0.39, 0.29) is 6.10 Å². The Morgan fingerprint density at radius 1 is 1.38 bits per heavy atom. The molecule has 0 bridgehead atoms. The van der Waals surface area contributed by atoms with Gasteiger partial charge in [0.1, 0.15) is 6.61 Å². The lowest BCUT2D eigenvalue weighted by Crippen LogP contribution is -2.49. The SMILES string of the molecule is COCC1(OC2CCCNC2)CCCCO1. The monoisotopic (exact) mass is 229 g/mol. The smallest absolute Gasteiger partial charge is 0.192 e. The molecule has 0 saturated carbocycles. The van der Waals surface area contributed by atoms with Gasteiger partial charge in [0.15, 0.2) is 5.79 Å². The van der Waals surface area contributed by atoms with Crippen molar-refractivity contribution in [2.45, 2.75) is 44.0 Å². The second kappa shape index (κ2) is 5.96. The molecule has 0 aromatic heterocycles. The van der Waals surface area contributed by atoms with Gasteiger partial charge in [-0.25, -0.2) is 0 Å². The van der Waals surface area contributed by atoms with Crippen LogP contribution in [0.4, 0.5) is 0 Å². The van der Waals surface area contributed by atoms with Crippen LogP contribution in [-0.4, -0.2) is 45.3 Å². The Bertz CT molecular complexity index is 193. The van der Waals surface area contributed by atoms with Crippen molar-refractivity contribution in [3.8, 4) is 0 Å². The number of piperidine rings is 1. The van der Waals surface area contributed by atoms with Crippen molar-refractivity contribution in [2.24, 2.45) is 0 Å². The van der Waals surface area contributed by atoms with E-state index in [9.17, 15) is 0 Å². The minimum atomic E-state index is -0.476. The van der Waals surface area contributed by atoms with Gasteiger partial charge in [-0.15, -0.1) is 0 Å². The topological polar surface area (TPSA) is 39.7 Å². The molecule has 0 radical (unpaired) electrons. The molecule has 2 aliphatic rings. The summed E-state index contributed by atoms with van der Waals surface area (Å²) in [4.78, 5) is 0. The largest absolute Gasteiger partial charge is 0.379 e. The van der Waals surface area contributed by atoms with Crippen molar-refractivity contribution >= 4 is 0 Å². The Hall–Kier alpha value is -0.160. The van der Waals surface area contributed by atoms with Crippen LogP contribution in [0.1, 0.15) is 32.1 Å². The molecule has 2 saturated heterocycles. The first kappa shape index (κ1) is 12.3. The normalized spacial score (nSPS) is 36.2. The van der Waals surface area contributed by atoms with Crippen molar-refractivity contribution in [2.75, 3.05) is 33.4 Å². The summed E-state index contributed by atoms with van der Waals surface area (Å²) in [6, 6.07) is 0. The first-order chi connectivity index (χ1) is 7.85. The summed E-state index contributed by atoms with van der Waals surface area (Å²) in [5, 5.41) is 3.36. The van der Waals surface area contributed by atoms with Gasteiger partial charge in [-0.05, 0) is 32.2 Å². The van der Waals surface area contributed by atoms with Crippen LogP contribution in [0, 0.1) is 0 Å². The Labute approximate surface area is 97.6 Å². The van der Waals surface area contributed by atoms with Gasteiger partial charge in [0.2, 0.25) is 0 Å². The molecule has 2 unspecified atom stereocenters. The van der Waals surface area contributed by atoms with E-state index in [0.29, 0.717) is 6.61 Å². The van der Waals surface area contributed by atoms with Crippen LogP contribution in [0.5, 0.6) is 0 Å². The van der Waals surface area contributed by atoms with Gasteiger partial charge in [0, 0.05) is 20.1 Å². The minimum Gasteiger partial charge on any atom is -0.379 e. The van der Waals surface area contributed by atoms with E-state index in [1.165, 1.54) is 12.8 Å². The van der Waals surface area contributed by atoms with Gasteiger partial charge in [-0.1, -0.05) is 0 Å². The zero-order valence-corrected chi connectivity index (χ0v) is 10.2. The van der Waals surface area contributed by atoms with Gasteiger partial charge in [-0.2, -0.15) is 0 Å². The average Bonchev–Trinajstić information content (AvgIpc) is 2.31. The molecular weight excluding hydrogens is 206 g/mol. The van der Waals surface area contributed by atoms with Crippen LogP contribution in [0.3, 0.4) is 0 Å². The van der Waals surface area contributed by atoms with Crippen molar-refractivity contribution in [3.05, 3.63) is 0 Å². The maximum atomic E-state index is 6.15. The maximum Gasteiger partial charge on any atom is 0.192 e. The molecule has 4 heteroatoms. The summed E-state index contributed by atoms with van der Waals surface area (Å²) in [5.74, 6) is -0.476. The Morgan fingerprint density at radius 2 is 2.31 bits per heavy atom. The molecule has 2 fully saturated rings. The zero-order chi connectivity index (χ0) is 11.3. The van der Waals surface area contributed by atoms with Gasteiger partial charge < -0.3 is 19.5 Å². The molecule has 0 amide bonds. The van der Waals surface area contributed by atoms with Crippen LogP contribution in [-0.2, 0) is 14.2 Å². The molecule has 1 N–H and O–H groups in total. The van der Waals surface area contributed by atoms with Gasteiger partial charge >= 0.3 is 0 Å². The average molecular weight is 229 g/mol. The summed E-state index contributed by atoms with van der Waals surface area (Å²) in [7, 11) is 1.71. The van der Waals surface area contributed by atoms with Crippen LogP contribution >= 0.6 is 0 Å². The predicted molar refractivity (Wildman–Crippen MR) is 61.4 cm³/mol. The first-order valence-corrected chi connectivity index (χ1v) is 6.36. The number of methoxy groups -OCH3 is 1. The van der Waals surface area contributed by atoms with E-state index >= 15 is 0 Å². The van der Waals surface area contributed by atoms with Crippen LogP contribution < -0.4 is 5.32 Å². The molecular formula is C12H23NO3. The van der Waals surface area contributed by atoms with Crippen molar-refractivity contribution in [1.82, 2.24) is 5.32 Å². The third kappa shape index (κ3) is 3.17. The lowest BCUT2D eigenvalue weighted by Gasteiger charge is -2.40. The van der Waals surface area contributed by atoms with E-state index in [0.717, 1.165) is 39.0 Å². The lowest BCUT2D eigenvalue weighted by molar-refractivity contribution is -0.294. The number of hydrogen-bond acceptors (Lipinski definition) is 4. The summed E-state index contributed by atoms with van der Waals surface area (Å²) in [5.41, 5.74) is 0. The number of rotatable bonds is 4. The summed E-state index contributed by atoms with van der Waals surface area (Å²) in [6.45, 7) is 3.39. The highest BCUT2D eigenvalue weighted by molar-refractivity contribution is 4.78. The highest BCUT2D eigenvalue weighted by Gasteiger charge is 2.37. The second-order valence-electron chi connectivity index (χ2n) is 4.74. The predicted octanol–water partition coefficient (Wildman–Crippen LogP) is 1.30. The summed E-state index contributed by atoms with van der Waals surface area (Å²) < 4.78 is 17.2. The fourth-order valence-corrected chi connectivity index (χ4v) is 2.51. The molecule has 2 heterocycles. The quantitative estimate of drug-likeness (QED) is 0.788. The molecule has 2 rings (SSSR count). The van der Waals surface area contributed by atoms with Crippen LogP contribution in [0.2, 0.25) is 0 Å². The highest BCUT2D eigenvalue weighted by Crippen LogP contribution is 2.29.